The van der Waals surface area contributed by atoms with E-state index in [2.05, 4.69) is 31.5 Å². The van der Waals surface area contributed by atoms with E-state index >= 15 is 0 Å². The maximum atomic E-state index is 12.4. The summed E-state index contributed by atoms with van der Waals surface area (Å²) in [5.41, 5.74) is 1.03. The van der Waals surface area contributed by atoms with Crippen LogP contribution in [0.5, 0.6) is 0 Å². The summed E-state index contributed by atoms with van der Waals surface area (Å²) in [5.74, 6) is -0.529. The van der Waals surface area contributed by atoms with E-state index in [1.165, 1.54) is 0 Å². The first-order chi connectivity index (χ1) is 13.1. The Morgan fingerprint density at radius 3 is 2.52 bits per heavy atom. The normalized spacial score (nSPS) is 15.9. The van der Waals surface area contributed by atoms with Gasteiger partial charge in [-0.25, -0.2) is 0 Å². The van der Waals surface area contributed by atoms with Gasteiger partial charge in [0, 0.05) is 19.6 Å². The van der Waals surface area contributed by atoms with E-state index in [-0.39, 0.29) is 24.3 Å². The highest BCUT2D eigenvalue weighted by Crippen LogP contribution is 2.16. The van der Waals surface area contributed by atoms with Crippen LogP contribution in [0.2, 0.25) is 0 Å². The lowest BCUT2D eigenvalue weighted by Crippen LogP contribution is -2.45. The maximum absolute atomic E-state index is 12.4. The van der Waals surface area contributed by atoms with Crippen molar-refractivity contribution in [3.8, 4) is 0 Å². The third kappa shape index (κ3) is 5.92. The molecule has 3 rings (SSSR count). The number of morpholine rings is 1. The highest BCUT2D eigenvalue weighted by Gasteiger charge is 2.20. The number of amides is 2. The van der Waals surface area contributed by atoms with Crippen molar-refractivity contribution in [1.29, 1.82) is 0 Å². The topological polar surface area (TPSA) is 83.8 Å². The van der Waals surface area contributed by atoms with Gasteiger partial charge >= 0.3 is 0 Å². The van der Waals surface area contributed by atoms with Gasteiger partial charge in [0.05, 0.1) is 25.8 Å². The van der Waals surface area contributed by atoms with Gasteiger partial charge in [-0.1, -0.05) is 30.3 Å². The van der Waals surface area contributed by atoms with Gasteiger partial charge in [0.15, 0.2) is 10.4 Å². The molecule has 1 aromatic heterocycles. The van der Waals surface area contributed by atoms with Crippen molar-refractivity contribution in [1.82, 2.24) is 15.5 Å². The first-order valence-electron chi connectivity index (χ1n) is 8.80. The Bertz CT molecular complexity index is 759. The monoisotopic (exact) mass is 435 g/mol. The van der Waals surface area contributed by atoms with Gasteiger partial charge in [0.25, 0.3) is 5.91 Å². The number of benzene rings is 1. The fraction of sp³-hybridized carbons (Fsp3) is 0.368. The second-order valence-electron chi connectivity index (χ2n) is 6.23. The zero-order chi connectivity index (χ0) is 19.1. The minimum Gasteiger partial charge on any atom is -0.444 e. The quantitative estimate of drug-likeness (QED) is 0.694. The highest BCUT2D eigenvalue weighted by molar-refractivity contribution is 9.10. The van der Waals surface area contributed by atoms with Crippen molar-refractivity contribution in [3.05, 3.63) is 58.5 Å². The number of hydrogen-bond donors (Lipinski definition) is 2. The number of carbonyl (C=O) groups is 2. The summed E-state index contributed by atoms with van der Waals surface area (Å²) in [6, 6.07) is 12.8. The van der Waals surface area contributed by atoms with Crippen LogP contribution in [0.4, 0.5) is 0 Å². The molecule has 2 aromatic rings. The molecule has 1 aliphatic heterocycles. The van der Waals surface area contributed by atoms with Gasteiger partial charge in [-0.15, -0.1) is 0 Å². The Kier molecular flexibility index (Phi) is 7.03. The van der Waals surface area contributed by atoms with Crippen molar-refractivity contribution >= 4 is 27.7 Å². The van der Waals surface area contributed by atoms with Crippen LogP contribution < -0.4 is 10.6 Å². The van der Waals surface area contributed by atoms with Crippen molar-refractivity contribution < 1.29 is 18.7 Å². The maximum Gasteiger partial charge on any atom is 0.287 e. The second kappa shape index (κ2) is 9.68. The molecule has 8 heteroatoms. The third-order valence-corrected chi connectivity index (χ3v) is 4.71. The van der Waals surface area contributed by atoms with E-state index in [9.17, 15) is 9.59 Å². The molecule has 1 aliphatic rings. The van der Waals surface area contributed by atoms with Crippen molar-refractivity contribution in [2.24, 2.45) is 0 Å². The second-order valence-corrected chi connectivity index (χ2v) is 7.01. The lowest BCUT2D eigenvalue weighted by atomic mass is 10.1. The molecule has 0 radical (unpaired) electrons. The number of rotatable bonds is 7. The number of furan rings is 1. The number of nitrogens with one attached hydrogen (secondary N) is 2. The van der Waals surface area contributed by atoms with Crippen molar-refractivity contribution in [2.75, 3.05) is 39.4 Å². The number of carbonyl (C=O) groups excluding carboxylic acids is 2. The minimum atomic E-state index is -0.430. The summed E-state index contributed by atoms with van der Waals surface area (Å²) in [6.07, 6.45) is 0. The van der Waals surface area contributed by atoms with Gasteiger partial charge in [-0.2, -0.15) is 0 Å². The highest BCUT2D eigenvalue weighted by atomic mass is 79.9. The summed E-state index contributed by atoms with van der Waals surface area (Å²) >= 11 is 3.15. The van der Waals surface area contributed by atoms with Gasteiger partial charge < -0.3 is 19.8 Å². The number of halogens is 1. The van der Waals surface area contributed by atoms with Crippen LogP contribution in [0, 0.1) is 0 Å². The molecule has 27 heavy (non-hydrogen) atoms. The summed E-state index contributed by atoms with van der Waals surface area (Å²) in [7, 11) is 0. The Morgan fingerprint density at radius 1 is 1.11 bits per heavy atom. The molecular weight excluding hydrogens is 414 g/mol. The molecule has 0 aliphatic carbocycles. The molecular formula is C19H22BrN3O4. The predicted octanol–water partition coefficient (Wildman–Crippen LogP) is 1.96. The van der Waals surface area contributed by atoms with Crippen molar-refractivity contribution in [2.45, 2.75) is 6.04 Å². The number of ether oxygens (including phenoxy) is 1. The Labute approximate surface area is 166 Å². The summed E-state index contributed by atoms with van der Waals surface area (Å²) in [5, 5.41) is 5.59. The average molecular weight is 436 g/mol. The minimum absolute atomic E-state index is 0.121. The Morgan fingerprint density at radius 2 is 1.85 bits per heavy atom. The fourth-order valence-electron chi connectivity index (χ4n) is 2.89. The molecule has 1 aromatic carbocycles. The van der Waals surface area contributed by atoms with E-state index in [1.54, 1.807) is 12.1 Å². The average Bonchev–Trinajstić information content (AvgIpc) is 3.13. The molecule has 0 spiro atoms. The van der Waals surface area contributed by atoms with Crippen LogP contribution in [0.15, 0.2) is 51.6 Å². The molecule has 1 atom stereocenters. The van der Waals surface area contributed by atoms with E-state index < -0.39 is 5.91 Å². The standard InChI is InChI=1S/C19H22BrN3O4/c20-17-7-6-16(27-17)19(25)21-12-18(24)22-15(14-4-2-1-3-5-14)13-23-8-10-26-11-9-23/h1-7,15H,8-13H2,(H,21,25)(H,22,24). The molecule has 7 nitrogen and oxygen atoms in total. The zero-order valence-electron chi connectivity index (χ0n) is 14.8. The SMILES string of the molecule is O=C(CNC(=O)c1ccc(Br)o1)NC(CN1CCOCC1)c1ccccc1. The zero-order valence-corrected chi connectivity index (χ0v) is 16.4. The summed E-state index contributed by atoms with van der Waals surface area (Å²) in [6.45, 7) is 3.64. The van der Waals surface area contributed by atoms with E-state index in [4.69, 9.17) is 9.15 Å². The number of hydrogen-bond acceptors (Lipinski definition) is 5. The summed E-state index contributed by atoms with van der Waals surface area (Å²) in [4.78, 5) is 26.7. The molecule has 0 saturated carbocycles. The summed E-state index contributed by atoms with van der Waals surface area (Å²) < 4.78 is 11.0. The van der Waals surface area contributed by atoms with Crippen LogP contribution in [-0.4, -0.2) is 56.1 Å². The van der Waals surface area contributed by atoms with Gasteiger partial charge in [-0.05, 0) is 33.6 Å². The molecule has 2 amide bonds. The predicted molar refractivity (Wildman–Crippen MR) is 103 cm³/mol. The number of nitrogens with zero attached hydrogens (tertiary/aromatic N) is 1. The van der Waals surface area contributed by atoms with Crippen molar-refractivity contribution in [3.63, 3.8) is 0 Å². The molecule has 1 fully saturated rings. The molecule has 2 N–H and O–H groups in total. The molecule has 0 bridgehead atoms. The van der Waals surface area contributed by atoms with Crippen LogP contribution in [0.1, 0.15) is 22.2 Å². The smallest absolute Gasteiger partial charge is 0.287 e. The third-order valence-electron chi connectivity index (χ3n) is 4.29. The van der Waals surface area contributed by atoms with E-state index in [1.807, 2.05) is 30.3 Å². The van der Waals surface area contributed by atoms with Crippen LogP contribution >= 0.6 is 15.9 Å². The fourth-order valence-corrected chi connectivity index (χ4v) is 3.20. The largest absolute Gasteiger partial charge is 0.444 e. The van der Waals surface area contributed by atoms with Crippen LogP contribution in [-0.2, 0) is 9.53 Å². The van der Waals surface area contributed by atoms with Gasteiger partial charge in [0.1, 0.15) is 0 Å². The van der Waals surface area contributed by atoms with Crippen LogP contribution in [0.3, 0.4) is 0 Å². The Hall–Kier alpha value is -2.16. The lowest BCUT2D eigenvalue weighted by Gasteiger charge is -2.31. The van der Waals surface area contributed by atoms with E-state index in [0.717, 1.165) is 18.7 Å². The van der Waals surface area contributed by atoms with Gasteiger partial charge in [0.2, 0.25) is 5.91 Å². The first-order valence-corrected chi connectivity index (χ1v) is 9.59. The molecule has 1 saturated heterocycles. The molecule has 1 unspecified atom stereocenters. The van der Waals surface area contributed by atoms with Crippen LogP contribution in [0.25, 0.3) is 0 Å². The first kappa shape index (κ1) is 19.6. The Balaban J connectivity index is 1.57. The van der Waals surface area contributed by atoms with E-state index in [0.29, 0.717) is 24.4 Å². The molecule has 2 heterocycles. The lowest BCUT2D eigenvalue weighted by molar-refractivity contribution is -0.121. The molecule has 144 valence electrons. The van der Waals surface area contributed by atoms with Gasteiger partial charge in [-0.3, -0.25) is 14.5 Å².